The van der Waals surface area contributed by atoms with Gasteiger partial charge in [-0.1, -0.05) is 40.5 Å². The summed E-state index contributed by atoms with van der Waals surface area (Å²) in [6.45, 7) is 0. The lowest BCUT2D eigenvalue weighted by molar-refractivity contribution is 0.508. The van der Waals surface area contributed by atoms with Gasteiger partial charge in [0, 0.05) is 10.2 Å². The number of benzene rings is 1. The van der Waals surface area contributed by atoms with E-state index in [9.17, 15) is 8.78 Å². The second kappa shape index (κ2) is 5.05. The van der Waals surface area contributed by atoms with E-state index in [1.165, 1.54) is 25.0 Å². The number of hydrogen-bond acceptors (Lipinski definition) is 3. The molecule has 0 saturated heterocycles. The summed E-state index contributed by atoms with van der Waals surface area (Å²) >= 11 is 4.61. The first kappa shape index (κ1) is 13.4. The lowest BCUT2D eigenvalue weighted by Gasteiger charge is -2.16. The van der Waals surface area contributed by atoms with E-state index >= 15 is 0 Å². The van der Waals surface area contributed by atoms with Crippen molar-refractivity contribution in [3.05, 3.63) is 28.2 Å². The lowest BCUT2D eigenvalue weighted by Crippen LogP contribution is -2.21. The fourth-order valence-corrected chi connectivity index (χ4v) is 4.20. The van der Waals surface area contributed by atoms with Crippen molar-refractivity contribution in [1.82, 2.24) is 0 Å². The molecule has 19 heavy (non-hydrogen) atoms. The molecule has 1 saturated carbocycles. The topological polar surface area (TPSA) is 24.4 Å². The van der Waals surface area contributed by atoms with Crippen LogP contribution in [-0.4, -0.2) is 16.5 Å². The zero-order valence-electron chi connectivity index (χ0n) is 10.2. The molecule has 1 aromatic rings. The molecule has 0 radical (unpaired) electrons. The number of thioether (sulfide) groups is 1. The maximum absolute atomic E-state index is 13.7. The van der Waals surface area contributed by atoms with Gasteiger partial charge >= 0.3 is 0 Å². The van der Waals surface area contributed by atoms with E-state index in [-0.39, 0.29) is 11.2 Å². The highest BCUT2D eigenvalue weighted by Gasteiger charge is 2.38. The number of anilines is 1. The molecule has 0 atom stereocenters. The lowest BCUT2D eigenvalue weighted by atomic mass is 10.0. The van der Waals surface area contributed by atoms with E-state index in [0.717, 1.165) is 18.6 Å². The molecule has 102 valence electrons. The van der Waals surface area contributed by atoms with Crippen molar-refractivity contribution >= 4 is 38.5 Å². The van der Waals surface area contributed by atoms with Crippen LogP contribution < -0.4 is 5.32 Å². The molecule has 1 N–H and O–H groups in total. The van der Waals surface area contributed by atoms with Crippen molar-refractivity contribution in [3.63, 3.8) is 0 Å². The Kier molecular flexibility index (Phi) is 3.55. The summed E-state index contributed by atoms with van der Waals surface area (Å²) in [5.74, 6) is -0.306. The van der Waals surface area contributed by atoms with E-state index in [2.05, 4.69) is 26.2 Å². The van der Waals surface area contributed by atoms with Crippen molar-refractivity contribution in [1.29, 1.82) is 0 Å². The number of halogens is 3. The first-order valence-electron chi connectivity index (χ1n) is 6.22. The minimum absolute atomic E-state index is 0.00924. The first-order valence-corrected chi connectivity index (χ1v) is 8.00. The summed E-state index contributed by atoms with van der Waals surface area (Å²) in [5, 5.41) is 3.42. The summed E-state index contributed by atoms with van der Waals surface area (Å²) < 4.78 is 27.9. The number of aliphatic imine (C=N–C) groups is 1. The Bertz CT molecular complexity index is 518. The Balaban J connectivity index is 1.83. The van der Waals surface area contributed by atoms with Crippen LogP contribution in [-0.2, 0) is 0 Å². The third-order valence-corrected chi connectivity index (χ3v) is 5.20. The fourth-order valence-electron chi connectivity index (χ4n) is 2.60. The molecule has 0 bridgehead atoms. The Labute approximate surface area is 123 Å². The molecular formula is C13H13BrF2N2S. The molecule has 1 aliphatic carbocycles. The summed E-state index contributed by atoms with van der Waals surface area (Å²) in [6.07, 6.45) is 4.55. The van der Waals surface area contributed by atoms with Crippen LogP contribution in [0.5, 0.6) is 0 Å². The van der Waals surface area contributed by atoms with Gasteiger partial charge in [0.1, 0.15) is 5.69 Å². The van der Waals surface area contributed by atoms with Crippen LogP contribution in [0.4, 0.5) is 14.5 Å². The van der Waals surface area contributed by atoms with Crippen LogP contribution in [0.15, 0.2) is 21.6 Å². The molecule has 1 aliphatic heterocycles. The Morgan fingerprint density at radius 3 is 2.47 bits per heavy atom. The average molecular weight is 347 g/mol. The van der Waals surface area contributed by atoms with Gasteiger partial charge in [-0.25, -0.2) is 8.78 Å². The second-order valence-electron chi connectivity index (χ2n) is 5.01. The number of amidine groups is 1. The molecule has 2 aliphatic rings. The molecular weight excluding hydrogens is 334 g/mol. The first-order chi connectivity index (χ1) is 9.08. The second-order valence-corrected chi connectivity index (χ2v) is 6.89. The monoisotopic (exact) mass is 346 g/mol. The van der Waals surface area contributed by atoms with Gasteiger partial charge in [0.15, 0.2) is 16.8 Å². The van der Waals surface area contributed by atoms with E-state index in [1.807, 2.05) is 0 Å². The van der Waals surface area contributed by atoms with E-state index in [1.54, 1.807) is 11.8 Å². The van der Waals surface area contributed by atoms with Crippen molar-refractivity contribution < 1.29 is 8.78 Å². The van der Waals surface area contributed by atoms with Crippen molar-refractivity contribution in [2.45, 2.75) is 31.2 Å². The standard InChI is InChI=1S/C13H13BrF2N2S/c14-8-5-9(15)11(10(16)6-8)17-12-18-13(7-19-12)3-1-2-4-13/h5-6H,1-4,7H2,(H,17,18). The quantitative estimate of drug-likeness (QED) is 0.806. The predicted octanol–water partition coefficient (Wildman–Crippen LogP) is 4.55. The van der Waals surface area contributed by atoms with Gasteiger partial charge in [-0.15, -0.1) is 0 Å². The number of hydrogen-bond donors (Lipinski definition) is 1. The van der Waals surface area contributed by atoms with Crippen LogP contribution >= 0.6 is 27.7 Å². The number of nitrogens with one attached hydrogen (secondary N) is 1. The smallest absolute Gasteiger partial charge is 0.161 e. The molecule has 0 unspecified atom stereocenters. The molecule has 1 heterocycles. The van der Waals surface area contributed by atoms with Gasteiger partial charge < -0.3 is 5.32 Å². The minimum atomic E-state index is -0.609. The number of nitrogens with zero attached hydrogens (tertiary/aromatic N) is 1. The zero-order chi connectivity index (χ0) is 13.5. The highest BCUT2D eigenvalue weighted by atomic mass is 79.9. The largest absolute Gasteiger partial charge is 0.330 e. The fraction of sp³-hybridized carbons (Fsp3) is 0.462. The summed E-state index contributed by atoms with van der Waals surface area (Å²) in [4.78, 5) is 4.64. The predicted molar refractivity (Wildman–Crippen MR) is 78.8 cm³/mol. The maximum atomic E-state index is 13.7. The molecule has 1 fully saturated rings. The molecule has 0 amide bonds. The maximum Gasteiger partial charge on any atom is 0.161 e. The Hall–Kier alpha value is -0.620. The molecule has 0 aromatic heterocycles. The molecule has 1 spiro atoms. The normalized spacial score (nSPS) is 20.9. The average Bonchev–Trinajstić information content (AvgIpc) is 2.95. The van der Waals surface area contributed by atoms with Gasteiger partial charge in [0.2, 0.25) is 0 Å². The molecule has 2 nitrogen and oxygen atoms in total. The molecule has 6 heteroatoms. The summed E-state index contributed by atoms with van der Waals surface area (Å²) in [7, 11) is 0. The highest BCUT2D eigenvalue weighted by molar-refractivity contribution is 9.10. The van der Waals surface area contributed by atoms with Crippen LogP contribution in [0, 0.1) is 11.6 Å². The van der Waals surface area contributed by atoms with Crippen molar-refractivity contribution in [2.75, 3.05) is 11.1 Å². The van der Waals surface area contributed by atoms with Gasteiger partial charge in [-0.3, -0.25) is 4.99 Å². The van der Waals surface area contributed by atoms with Crippen molar-refractivity contribution in [2.24, 2.45) is 4.99 Å². The molecule has 1 aromatic carbocycles. The third kappa shape index (κ3) is 2.65. The van der Waals surface area contributed by atoms with Crippen LogP contribution in [0.25, 0.3) is 0 Å². The van der Waals surface area contributed by atoms with E-state index in [4.69, 9.17) is 0 Å². The Morgan fingerprint density at radius 2 is 1.84 bits per heavy atom. The van der Waals surface area contributed by atoms with Gasteiger partial charge in [-0.2, -0.15) is 0 Å². The summed E-state index contributed by atoms with van der Waals surface area (Å²) in [5.41, 5.74) is -0.112. The highest BCUT2D eigenvalue weighted by Crippen LogP contribution is 2.41. The SMILES string of the molecule is Fc1cc(Br)cc(F)c1NC1=NC2(CCCC2)CS1. The van der Waals surface area contributed by atoms with E-state index < -0.39 is 11.6 Å². The van der Waals surface area contributed by atoms with Crippen LogP contribution in [0.2, 0.25) is 0 Å². The van der Waals surface area contributed by atoms with Gasteiger partial charge in [0.25, 0.3) is 0 Å². The van der Waals surface area contributed by atoms with Gasteiger partial charge in [0.05, 0.1) is 5.54 Å². The van der Waals surface area contributed by atoms with Crippen molar-refractivity contribution in [3.8, 4) is 0 Å². The van der Waals surface area contributed by atoms with Gasteiger partial charge in [-0.05, 0) is 25.0 Å². The van der Waals surface area contributed by atoms with Crippen LogP contribution in [0.1, 0.15) is 25.7 Å². The van der Waals surface area contributed by atoms with Crippen LogP contribution in [0.3, 0.4) is 0 Å². The minimum Gasteiger partial charge on any atom is -0.330 e. The number of rotatable bonds is 1. The summed E-state index contributed by atoms with van der Waals surface area (Å²) in [6, 6.07) is 2.49. The third-order valence-electron chi connectivity index (χ3n) is 3.59. The Morgan fingerprint density at radius 1 is 1.21 bits per heavy atom. The zero-order valence-corrected chi connectivity index (χ0v) is 12.6. The molecule has 3 rings (SSSR count). The van der Waals surface area contributed by atoms with E-state index in [0.29, 0.717) is 9.64 Å².